The highest BCUT2D eigenvalue weighted by atomic mass is 16.5. The number of amides is 4. The van der Waals surface area contributed by atoms with Crippen LogP contribution in [0.4, 0.5) is 5.69 Å². The third-order valence-corrected chi connectivity index (χ3v) is 15.0. The van der Waals surface area contributed by atoms with E-state index in [9.17, 15) is 24.0 Å². The normalized spacial score (nSPS) is 16.6. The van der Waals surface area contributed by atoms with Crippen LogP contribution in [0.3, 0.4) is 0 Å². The lowest BCUT2D eigenvalue weighted by molar-refractivity contribution is -0.131. The Labute approximate surface area is 457 Å². The van der Waals surface area contributed by atoms with Crippen LogP contribution in [0, 0.1) is 5.92 Å². The maximum atomic E-state index is 13.9. The summed E-state index contributed by atoms with van der Waals surface area (Å²) in [5, 5.41) is 12.2. The third kappa shape index (κ3) is 16.1. The van der Waals surface area contributed by atoms with Crippen LogP contribution in [0.5, 0.6) is 11.5 Å². The highest BCUT2D eigenvalue weighted by molar-refractivity contribution is 5.98. The summed E-state index contributed by atoms with van der Waals surface area (Å²) in [5.74, 6) is 0.785. The van der Waals surface area contributed by atoms with Crippen molar-refractivity contribution in [2.45, 2.75) is 90.3 Å². The van der Waals surface area contributed by atoms with Gasteiger partial charge in [0.05, 0.1) is 69.6 Å². The predicted molar refractivity (Wildman–Crippen MR) is 299 cm³/mol. The minimum atomic E-state index is -0.677. The third-order valence-electron chi connectivity index (χ3n) is 15.0. The molecule has 5 heterocycles. The van der Waals surface area contributed by atoms with Gasteiger partial charge in [0.15, 0.2) is 0 Å². The molecule has 1 saturated carbocycles. The number of anilines is 1. The highest BCUT2D eigenvalue weighted by Gasteiger charge is 2.32. The molecule has 0 radical (unpaired) electrons. The van der Waals surface area contributed by atoms with Crippen LogP contribution in [0.2, 0.25) is 0 Å². The molecule has 0 bridgehead atoms. The van der Waals surface area contributed by atoms with Crippen molar-refractivity contribution in [1.29, 1.82) is 0 Å². The number of piperidine rings is 1. The highest BCUT2D eigenvalue weighted by Crippen LogP contribution is 2.30. The van der Waals surface area contributed by atoms with Crippen LogP contribution in [-0.4, -0.2) is 153 Å². The fraction of sp³-hybridized carbons (Fsp3) is 0.508. The van der Waals surface area contributed by atoms with E-state index >= 15 is 0 Å². The molecule has 418 valence electrons. The fourth-order valence-electron chi connectivity index (χ4n) is 10.7. The van der Waals surface area contributed by atoms with E-state index < -0.39 is 6.04 Å². The molecule has 5 N–H and O–H groups in total. The molecule has 2 aromatic carbocycles. The number of aromatic amines is 1. The summed E-state index contributed by atoms with van der Waals surface area (Å²) in [6, 6.07) is 20.1. The second-order valence-corrected chi connectivity index (χ2v) is 20.4. The van der Waals surface area contributed by atoms with Gasteiger partial charge in [-0.25, -0.2) is 4.98 Å². The Bertz CT molecular complexity index is 2830. The van der Waals surface area contributed by atoms with Crippen LogP contribution in [0.1, 0.15) is 108 Å². The molecule has 2 atom stereocenters. The number of carbonyl (C=O) groups excluding carboxylic acids is 4. The Hall–Kier alpha value is -6.93. The summed E-state index contributed by atoms with van der Waals surface area (Å²) in [6.07, 6.45) is 10.9. The van der Waals surface area contributed by atoms with Crippen LogP contribution in [0.15, 0.2) is 83.9 Å². The molecule has 5 aromatic rings. The Morgan fingerprint density at radius 2 is 1.58 bits per heavy atom. The molecular weight excluding hydrogens is 993 g/mol. The largest absolute Gasteiger partial charge is 0.497 e. The topological polar surface area (TPSA) is 222 Å². The van der Waals surface area contributed by atoms with Gasteiger partial charge >= 0.3 is 0 Å². The number of aryl methyl sites for hydroxylation is 1. The number of nitrogens with zero attached hydrogens (tertiary/aromatic N) is 5. The molecule has 19 heteroatoms. The quantitative estimate of drug-likeness (QED) is 0.0440. The van der Waals surface area contributed by atoms with Crippen molar-refractivity contribution in [3.63, 3.8) is 0 Å². The summed E-state index contributed by atoms with van der Waals surface area (Å²) < 4.78 is 22.6. The van der Waals surface area contributed by atoms with Gasteiger partial charge in [-0.3, -0.25) is 33.9 Å². The van der Waals surface area contributed by atoms with E-state index in [4.69, 9.17) is 18.9 Å². The van der Waals surface area contributed by atoms with E-state index in [1.807, 2.05) is 79.5 Å². The number of hydrogen-bond acceptors (Lipinski definition) is 14. The molecule has 3 aliphatic rings. The molecule has 8 rings (SSSR count). The predicted octanol–water partition coefficient (Wildman–Crippen LogP) is 5.36. The number of carbonyl (C=O) groups is 4. The molecule has 2 saturated heterocycles. The monoisotopic (exact) mass is 1070 g/mol. The van der Waals surface area contributed by atoms with E-state index in [1.54, 1.807) is 25.4 Å². The van der Waals surface area contributed by atoms with Crippen molar-refractivity contribution in [2.24, 2.45) is 5.92 Å². The number of hydrogen-bond donors (Lipinski definition) is 5. The van der Waals surface area contributed by atoms with Crippen LogP contribution in [-0.2, 0) is 38.6 Å². The van der Waals surface area contributed by atoms with Gasteiger partial charge in [0.1, 0.15) is 23.2 Å². The minimum absolute atomic E-state index is 0.0261. The van der Waals surface area contributed by atoms with Gasteiger partial charge in [0.25, 0.3) is 17.4 Å². The van der Waals surface area contributed by atoms with Crippen LogP contribution >= 0.6 is 0 Å². The summed E-state index contributed by atoms with van der Waals surface area (Å²) in [7, 11) is 1.62. The minimum Gasteiger partial charge on any atom is -0.497 e. The molecular formula is C59H78N10O9. The van der Waals surface area contributed by atoms with E-state index in [1.165, 1.54) is 0 Å². The lowest BCUT2D eigenvalue weighted by Crippen LogP contribution is -2.52. The zero-order valence-corrected chi connectivity index (χ0v) is 45.6. The lowest BCUT2D eigenvalue weighted by Gasteiger charge is -2.36. The Balaban J connectivity index is 0.699. The standard InChI is InChI=1S/C59H78N10O9/c1-4-42-33-51-52(65-56(42)71)31-41(35-63-51)39-67-23-25-68(26-24-67)48-17-19-50(64-37-48)58(73)61-20-27-76-29-30-77-28-21-62-59(74)55(43-11-7-6-8-12-43)66-57(72)45-14-9-13-44(32-45)47-15-10-22-69(40-47)54(70)38-60-36-46-16-18-49(75-3)34-53(46)78-5-2/h9,13-14,16-19,31-35,37,43,47,55,60H,4-8,10-12,15,20-30,36,38-40H2,1-3H3,(H,61,73)(H,62,74)(H,65,71)(H,66,72)/t47?,55-/m0/s1. The molecule has 19 nitrogen and oxygen atoms in total. The first-order valence-electron chi connectivity index (χ1n) is 27.9. The number of pyridine rings is 3. The summed E-state index contributed by atoms with van der Waals surface area (Å²) >= 11 is 0. The molecule has 3 fully saturated rings. The first-order chi connectivity index (χ1) is 38.1. The van der Waals surface area contributed by atoms with E-state index in [0.717, 1.165) is 122 Å². The number of ether oxygens (including phenoxy) is 4. The van der Waals surface area contributed by atoms with E-state index in [-0.39, 0.29) is 60.7 Å². The Morgan fingerprint density at radius 3 is 2.32 bits per heavy atom. The van der Waals surface area contributed by atoms with Crippen molar-refractivity contribution in [3.8, 4) is 11.5 Å². The van der Waals surface area contributed by atoms with Crippen molar-refractivity contribution in [3.05, 3.63) is 123 Å². The molecule has 1 aliphatic carbocycles. The number of fused-ring (bicyclic) bond motifs is 1. The van der Waals surface area contributed by atoms with Gasteiger partial charge in [0, 0.05) is 100 Å². The summed E-state index contributed by atoms with van der Waals surface area (Å²) in [6.45, 7) is 12.2. The first-order valence-corrected chi connectivity index (χ1v) is 27.9. The molecule has 3 aromatic heterocycles. The van der Waals surface area contributed by atoms with Gasteiger partial charge in [-0.05, 0) is 98.5 Å². The molecule has 2 aliphatic heterocycles. The number of nitrogens with one attached hydrogen (secondary N) is 5. The zero-order chi connectivity index (χ0) is 54.6. The SMILES string of the molecule is CCOc1cc(OC)ccc1CNCC(=O)N1CCCC(c2cccc(C(=O)N[C@H](C(=O)NCCOCCOCCNC(=O)c3ccc(N4CCN(Cc5cnc6cc(CC)c(=O)[nH]c6c5)CC4)cn3)C3CCCCC3)c2)C1. The maximum Gasteiger partial charge on any atom is 0.269 e. The number of likely N-dealkylation sites (tertiary alicyclic amines) is 1. The lowest BCUT2D eigenvalue weighted by atomic mass is 9.83. The number of H-pyrrole nitrogens is 1. The van der Waals surface area contributed by atoms with Crippen molar-refractivity contribution in [1.82, 2.24) is 46.0 Å². The van der Waals surface area contributed by atoms with Crippen LogP contribution in [0.25, 0.3) is 11.0 Å². The number of rotatable bonds is 26. The molecule has 4 amide bonds. The van der Waals surface area contributed by atoms with Crippen molar-refractivity contribution in [2.75, 3.05) is 104 Å². The maximum absolute atomic E-state index is 13.9. The number of methoxy groups -OCH3 is 1. The van der Waals surface area contributed by atoms with Gasteiger partial charge < -0.3 is 55.0 Å². The average molecular weight is 1070 g/mol. The molecule has 0 spiro atoms. The number of aromatic nitrogens is 3. The van der Waals surface area contributed by atoms with E-state index in [2.05, 4.69) is 46.0 Å². The van der Waals surface area contributed by atoms with Gasteiger partial charge in [-0.15, -0.1) is 0 Å². The smallest absolute Gasteiger partial charge is 0.269 e. The summed E-state index contributed by atoms with van der Waals surface area (Å²) in [4.78, 5) is 84.7. The van der Waals surface area contributed by atoms with Gasteiger partial charge in [-0.2, -0.15) is 0 Å². The number of piperazine rings is 1. The molecule has 78 heavy (non-hydrogen) atoms. The van der Waals surface area contributed by atoms with Crippen LogP contribution < -0.4 is 41.2 Å². The van der Waals surface area contributed by atoms with Gasteiger partial charge in [-0.1, -0.05) is 44.4 Å². The Morgan fingerprint density at radius 1 is 0.782 bits per heavy atom. The average Bonchev–Trinajstić information content (AvgIpc) is 3.53. The molecule has 1 unspecified atom stereocenters. The number of benzene rings is 2. The van der Waals surface area contributed by atoms with Crippen molar-refractivity contribution < 1.29 is 38.1 Å². The second-order valence-electron chi connectivity index (χ2n) is 20.4. The van der Waals surface area contributed by atoms with Crippen molar-refractivity contribution >= 4 is 40.3 Å². The first kappa shape index (κ1) is 57.3. The van der Waals surface area contributed by atoms with E-state index in [0.29, 0.717) is 76.0 Å². The zero-order valence-electron chi connectivity index (χ0n) is 45.6. The van der Waals surface area contributed by atoms with Gasteiger partial charge in [0.2, 0.25) is 11.8 Å². The fourth-order valence-corrected chi connectivity index (χ4v) is 10.7. The second kappa shape index (κ2) is 29.2. The Kier molecular flexibility index (Phi) is 21.4. The summed E-state index contributed by atoms with van der Waals surface area (Å²) in [5.41, 5.74) is 7.01.